The lowest BCUT2D eigenvalue weighted by Crippen LogP contribution is -2.46. The zero-order valence-corrected chi connectivity index (χ0v) is 22.3. The molecule has 2 amide bonds. The molecule has 2 aromatic carbocycles. The van der Waals surface area contributed by atoms with E-state index in [0.717, 1.165) is 18.7 Å². The number of rotatable bonds is 11. The summed E-state index contributed by atoms with van der Waals surface area (Å²) in [5, 5.41) is 12.4. The van der Waals surface area contributed by atoms with Crippen LogP contribution in [0.5, 0.6) is 5.75 Å². The molecule has 0 aliphatic carbocycles. The van der Waals surface area contributed by atoms with Crippen LogP contribution in [0, 0.1) is 5.82 Å². The maximum absolute atomic E-state index is 15.0. The largest absolute Gasteiger partial charge is 0.488 e. The second-order valence-electron chi connectivity index (χ2n) is 9.66. The third-order valence-corrected chi connectivity index (χ3v) is 6.34. The number of morpholine rings is 1. The first kappa shape index (κ1) is 29.4. The van der Waals surface area contributed by atoms with Crippen molar-refractivity contribution in [1.82, 2.24) is 15.1 Å². The average molecular weight is 530 g/mol. The lowest BCUT2D eigenvalue weighted by molar-refractivity contribution is -0.142. The van der Waals surface area contributed by atoms with E-state index in [-0.39, 0.29) is 31.8 Å². The molecule has 9 nitrogen and oxygen atoms in total. The van der Waals surface area contributed by atoms with Crippen molar-refractivity contribution in [3.05, 3.63) is 64.5 Å². The van der Waals surface area contributed by atoms with Crippen LogP contribution < -0.4 is 10.1 Å². The minimum absolute atomic E-state index is 0.0308. The molecular weight excluding hydrogens is 493 g/mol. The number of aliphatic hydroxyl groups excluding tert-OH is 1. The predicted octanol–water partition coefficient (Wildman–Crippen LogP) is 2.63. The molecule has 0 spiro atoms. The van der Waals surface area contributed by atoms with Crippen molar-refractivity contribution in [3.63, 3.8) is 0 Å². The molecule has 38 heavy (non-hydrogen) atoms. The number of nitrogens with one attached hydrogen (secondary N) is 1. The summed E-state index contributed by atoms with van der Waals surface area (Å²) >= 11 is 0. The summed E-state index contributed by atoms with van der Waals surface area (Å²) in [6.07, 6.45) is -0.634. The highest BCUT2D eigenvalue weighted by Gasteiger charge is 2.24. The fraction of sp³-hybridized carbons (Fsp3) is 0.464. The van der Waals surface area contributed by atoms with Crippen molar-refractivity contribution in [2.75, 3.05) is 20.1 Å². The van der Waals surface area contributed by atoms with Crippen molar-refractivity contribution in [2.45, 2.75) is 65.3 Å². The fourth-order valence-corrected chi connectivity index (χ4v) is 4.46. The number of benzene rings is 2. The molecule has 1 saturated heterocycles. The van der Waals surface area contributed by atoms with Crippen LogP contribution in [0.1, 0.15) is 54.2 Å². The Morgan fingerprint density at radius 2 is 1.97 bits per heavy atom. The quantitative estimate of drug-likeness (QED) is 0.338. The highest BCUT2D eigenvalue weighted by atomic mass is 19.1. The monoisotopic (exact) mass is 529 g/mol. The average Bonchev–Trinajstić information content (AvgIpc) is 2.87. The smallest absolute Gasteiger partial charge is 0.270 e. The van der Waals surface area contributed by atoms with Gasteiger partial charge in [0, 0.05) is 49.3 Å². The number of carbonyl (C=O) groups is 3. The van der Waals surface area contributed by atoms with Crippen LogP contribution in [0.15, 0.2) is 36.4 Å². The van der Waals surface area contributed by atoms with Crippen molar-refractivity contribution in [3.8, 4) is 5.75 Å². The minimum Gasteiger partial charge on any atom is -0.488 e. The van der Waals surface area contributed by atoms with E-state index in [1.54, 1.807) is 31.2 Å². The van der Waals surface area contributed by atoms with Gasteiger partial charge in [0.2, 0.25) is 5.91 Å². The third-order valence-electron chi connectivity index (χ3n) is 6.34. The van der Waals surface area contributed by atoms with Crippen molar-refractivity contribution in [1.29, 1.82) is 0 Å². The number of aldehydes is 1. The van der Waals surface area contributed by atoms with Crippen LogP contribution in [-0.4, -0.2) is 71.6 Å². The van der Waals surface area contributed by atoms with Gasteiger partial charge in [-0.2, -0.15) is 0 Å². The van der Waals surface area contributed by atoms with E-state index in [4.69, 9.17) is 9.47 Å². The van der Waals surface area contributed by atoms with Gasteiger partial charge in [-0.1, -0.05) is 31.2 Å². The molecule has 10 heteroatoms. The molecule has 1 aliphatic rings. The topological polar surface area (TPSA) is 108 Å². The third kappa shape index (κ3) is 7.91. The van der Waals surface area contributed by atoms with E-state index in [1.807, 2.05) is 19.9 Å². The van der Waals surface area contributed by atoms with E-state index >= 15 is 0 Å². The molecule has 1 aliphatic heterocycles. The van der Waals surface area contributed by atoms with Crippen molar-refractivity contribution < 1.29 is 33.4 Å². The van der Waals surface area contributed by atoms with Gasteiger partial charge in [-0.25, -0.2) is 4.39 Å². The van der Waals surface area contributed by atoms with Gasteiger partial charge in [-0.05, 0) is 38.6 Å². The van der Waals surface area contributed by atoms with Crippen LogP contribution in [0.3, 0.4) is 0 Å². The van der Waals surface area contributed by atoms with Gasteiger partial charge in [0.25, 0.3) is 5.91 Å². The standard InChI is InChI=1S/C28H36FN3O6/c1-5-26(34)30-27(35)28(36)31(4)15-23-21(16-33)7-6-8-25(23)37-17-22-10-9-20(11-24(22)29)14-32-12-18(2)38-19(3)13-32/h6-11,16,18-19,28,36H,5,12-15,17H2,1-4H3,(H,30,34,35). The van der Waals surface area contributed by atoms with Gasteiger partial charge in [0.1, 0.15) is 18.2 Å². The summed E-state index contributed by atoms with van der Waals surface area (Å²) in [6, 6.07) is 9.92. The van der Waals surface area contributed by atoms with Gasteiger partial charge in [0.05, 0.1) is 12.2 Å². The van der Waals surface area contributed by atoms with Crippen molar-refractivity contribution in [2.24, 2.45) is 0 Å². The van der Waals surface area contributed by atoms with Gasteiger partial charge in [-0.3, -0.25) is 29.5 Å². The summed E-state index contributed by atoms with van der Waals surface area (Å²) in [6.45, 7) is 7.72. The first-order chi connectivity index (χ1) is 18.1. The number of hydrogen-bond acceptors (Lipinski definition) is 8. The Labute approximate surface area is 222 Å². The van der Waals surface area contributed by atoms with Gasteiger partial charge in [0.15, 0.2) is 12.5 Å². The molecule has 3 rings (SSSR count). The summed E-state index contributed by atoms with van der Waals surface area (Å²) in [4.78, 5) is 38.8. The molecule has 2 aromatic rings. The Bertz CT molecular complexity index is 1130. The molecule has 1 heterocycles. The zero-order valence-electron chi connectivity index (χ0n) is 22.3. The first-order valence-corrected chi connectivity index (χ1v) is 12.7. The second kappa shape index (κ2) is 13.6. The number of amides is 2. The van der Waals surface area contributed by atoms with Crippen LogP contribution in [0.4, 0.5) is 4.39 Å². The lowest BCUT2D eigenvalue weighted by Gasteiger charge is -2.35. The predicted molar refractivity (Wildman–Crippen MR) is 139 cm³/mol. The Morgan fingerprint density at radius 1 is 1.26 bits per heavy atom. The highest BCUT2D eigenvalue weighted by Crippen LogP contribution is 2.25. The summed E-state index contributed by atoms with van der Waals surface area (Å²) < 4.78 is 26.6. The molecular formula is C28H36FN3O6. The second-order valence-corrected chi connectivity index (χ2v) is 9.66. The molecule has 3 unspecified atom stereocenters. The molecule has 3 atom stereocenters. The first-order valence-electron chi connectivity index (χ1n) is 12.7. The maximum atomic E-state index is 15.0. The zero-order chi connectivity index (χ0) is 27.8. The number of likely N-dealkylation sites (N-methyl/N-ethyl adjacent to an activating group) is 1. The maximum Gasteiger partial charge on any atom is 0.270 e. The Kier molecular flexibility index (Phi) is 10.5. The van der Waals surface area contributed by atoms with E-state index in [2.05, 4.69) is 10.2 Å². The van der Waals surface area contributed by atoms with Crippen LogP contribution in [0.2, 0.25) is 0 Å². The van der Waals surface area contributed by atoms with E-state index in [9.17, 15) is 23.9 Å². The summed E-state index contributed by atoms with van der Waals surface area (Å²) in [5.74, 6) is -1.45. The van der Waals surface area contributed by atoms with Crippen molar-refractivity contribution >= 4 is 18.1 Å². The lowest BCUT2D eigenvalue weighted by atomic mass is 10.1. The highest BCUT2D eigenvalue weighted by molar-refractivity contribution is 5.96. The van der Waals surface area contributed by atoms with E-state index in [1.165, 1.54) is 18.0 Å². The molecule has 0 saturated carbocycles. The minimum atomic E-state index is -1.62. The normalized spacial score (nSPS) is 18.7. The number of halogens is 1. The van der Waals surface area contributed by atoms with Gasteiger partial charge < -0.3 is 14.6 Å². The SMILES string of the molecule is CCC(=O)NC(=O)C(O)N(C)Cc1c(C=O)cccc1OCc1ccc(CN2CC(C)OC(C)C2)cc1F. The summed E-state index contributed by atoms with van der Waals surface area (Å²) in [7, 11) is 1.47. The Balaban J connectivity index is 1.68. The Morgan fingerprint density at radius 3 is 2.61 bits per heavy atom. The molecule has 0 aromatic heterocycles. The van der Waals surface area contributed by atoms with E-state index < -0.39 is 23.9 Å². The Hall–Kier alpha value is -3.18. The number of aliphatic hydroxyl groups is 1. The molecule has 0 bridgehead atoms. The fourth-order valence-electron chi connectivity index (χ4n) is 4.46. The number of hydrogen-bond donors (Lipinski definition) is 2. The molecule has 206 valence electrons. The van der Waals surface area contributed by atoms with Crippen LogP contribution >= 0.6 is 0 Å². The van der Waals surface area contributed by atoms with Crippen LogP contribution in [0.25, 0.3) is 0 Å². The number of imide groups is 1. The number of carbonyl (C=O) groups excluding carboxylic acids is 3. The molecule has 0 radical (unpaired) electrons. The molecule has 1 fully saturated rings. The van der Waals surface area contributed by atoms with Crippen LogP contribution in [-0.2, 0) is 34.0 Å². The summed E-state index contributed by atoms with van der Waals surface area (Å²) in [5.41, 5.74) is 1.93. The van der Waals surface area contributed by atoms with E-state index in [0.29, 0.717) is 35.3 Å². The van der Waals surface area contributed by atoms with Gasteiger partial charge >= 0.3 is 0 Å². The van der Waals surface area contributed by atoms with Gasteiger partial charge in [-0.15, -0.1) is 0 Å². The molecule has 2 N–H and O–H groups in total. The number of nitrogens with zero attached hydrogens (tertiary/aromatic N) is 2. The number of ether oxygens (including phenoxy) is 2.